The number of nitrogens with zero attached hydrogens (tertiary/aromatic N) is 1. The molecule has 1 unspecified atom stereocenters. The topological polar surface area (TPSA) is 74.2 Å². The zero-order valence-electron chi connectivity index (χ0n) is 17.0. The Morgan fingerprint density at radius 3 is 2.63 bits per heavy atom. The van der Waals surface area contributed by atoms with Crippen molar-refractivity contribution in [1.29, 1.82) is 5.26 Å². The Kier molecular flexibility index (Phi) is 7.86. The van der Waals surface area contributed by atoms with Crippen LogP contribution in [0.5, 0.6) is 0 Å². The minimum absolute atomic E-state index is 0.129. The predicted octanol–water partition coefficient (Wildman–Crippen LogP) is 4.45. The number of carbonyl (C=O) groups is 1. The van der Waals surface area contributed by atoms with Gasteiger partial charge in [0.25, 0.3) is 0 Å². The molecule has 1 aliphatic rings. The van der Waals surface area contributed by atoms with Crippen molar-refractivity contribution in [3.05, 3.63) is 59.9 Å². The molecule has 2 aromatic rings. The van der Waals surface area contributed by atoms with E-state index in [1.54, 1.807) is 23.9 Å². The third-order valence-corrected chi connectivity index (χ3v) is 6.38. The average molecular weight is 428 g/mol. The first-order valence-electron chi connectivity index (χ1n) is 10.0. The summed E-state index contributed by atoms with van der Waals surface area (Å²) in [6, 6.07) is 16.2. The standard InChI is InChI=1S/C23H26FN3O2S/c1-17(10-13-25)30-21-5-3-2-4-20(21)27-22(28)16-26-23(11-14-29-15-12-23)18-6-8-19(24)9-7-18/h2-9,17,26H,10-12,14-16H2,1H3,(H,27,28). The number of thioether (sulfide) groups is 1. The molecule has 7 heteroatoms. The molecule has 1 heterocycles. The van der Waals surface area contributed by atoms with E-state index in [0.717, 1.165) is 16.1 Å². The molecule has 0 aliphatic carbocycles. The molecule has 0 saturated carbocycles. The van der Waals surface area contributed by atoms with Crippen molar-refractivity contribution in [2.45, 2.75) is 41.9 Å². The lowest BCUT2D eigenvalue weighted by Crippen LogP contribution is -2.49. The van der Waals surface area contributed by atoms with Crippen LogP contribution in [-0.2, 0) is 15.1 Å². The lowest BCUT2D eigenvalue weighted by Gasteiger charge is -2.38. The fraction of sp³-hybridized carbons (Fsp3) is 0.391. The van der Waals surface area contributed by atoms with Gasteiger partial charge in [-0.3, -0.25) is 10.1 Å². The molecule has 0 aromatic heterocycles. The zero-order valence-corrected chi connectivity index (χ0v) is 17.8. The van der Waals surface area contributed by atoms with Gasteiger partial charge in [0.05, 0.1) is 18.3 Å². The fourth-order valence-corrected chi connectivity index (χ4v) is 4.55. The predicted molar refractivity (Wildman–Crippen MR) is 117 cm³/mol. The summed E-state index contributed by atoms with van der Waals surface area (Å²) in [6.07, 6.45) is 1.87. The summed E-state index contributed by atoms with van der Waals surface area (Å²) in [7, 11) is 0. The number of halogens is 1. The normalized spacial score (nSPS) is 16.4. The van der Waals surface area contributed by atoms with Crippen LogP contribution < -0.4 is 10.6 Å². The first kappa shape index (κ1) is 22.3. The van der Waals surface area contributed by atoms with Crippen LogP contribution in [0.25, 0.3) is 0 Å². The van der Waals surface area contributed by atoms with E-state index in [1.165, 1.54) is 12.1 Å². The Bertz CT molecular complexity index is 892. The van der Waals surface area contributed by atoms with E-state index < -0.39 is 5.54 Å². The molecule has 0 bridgehead atoms. The molecule has 0 spiro atoms. The van der Waals surface area contributed by atoms with Crippen LogP contribution >= 0.6 is 11.8 Å². The van der Waals surface area contributed by atoms with Crippen molar-refractivity contribution in [2.75, 3.05) is 25.1 Å². The molecule has 1 aliphatic heterocycles. The maximum absolute atomic E-state index is 13.4. The molecular weight excluding hydrogens is 401 g/mol. The minimum Gasteiger partial charge on any atom is -0.381 e. The molecule has 2 aromatic carbocycles. The molecule has 1 fully saturated rings. The van der Waals surface area contributed by atoms with Gasteiger partial charge in [-0.25, -0.2) is 4.39 Å². The number of amides is 1. The summed E-state index contributed by atoms with van der Waals surface area (Å²) < 4.78 is 18.9. The number of hydrogen-bond acceptors (Lipinski definition) is 5. The highest BCUT2D eigenvalue weighted by Crippen LogP contribution is 2.33. The van der Waals surface area contributed by atoms with Crippen LogP contribution in [0, 0.1) is 17.1 Å². The summed E-state index contributed by atoms with van der Waals surface area (Å²) in [5, 5.41) is 15.4. The Balaban J connectivity index is 1.67. The fourth-order valence-electron chi connectivity index (χ4n) is 3.56. The Labute approximate surface area is 181 Å². The molecule has 0 radical (unpaired) electrons. The number of benzene rings is 2. The molecule has 1 saturated heterocycles. The SMILES string of the molecule is CC(CC#N)Sc1ccccc1NC(=O)CNC1(c2ccc(F)cc2)CCOCC1. The highest BCUT2D eigenvalue weighted by Gasteiger charge is 2.34. The van der Waals surface area contributed by atoms with Crippen molar-refractivity contribution in [3.63, 3.8) is 0 Å². The maximum atomic E-state index is 13.4. The number of hydrogen-bond donors (Lipinski definition) is 2. The maximum Gasteiger partial charge on any atom is 0.238 e. The van der Waals surface area contributed by atoms with Gasteiger partial charge in [0.15, 0.2) is 0 Å². The average Bonchev–Trinajstić information content (AvgIpc) is 2.75. The summed E-state index contributed by atoms with van der Waals surface area (Å²) in [5.41, 5.74) is 1.28. The van der Waals surface area contributed by atoms with E-state index >= 15 is 0 Å². The van der Waals surface area contributed by atoms with Crippen molar-refractivity contribution in [2.24, 2.45) is 0 Å². The highest BCUT2D eigenvalue weighted by molar-refractivity contribution is 8.00. The highest BCUT2D eigenvalue weighted by atomic mass is 32.2. The lowest BCUT2D eigenvalue weighted by atomic mass is 9.82. The van der Waals surface area contributed by atoms with Gasteiger partial charge in [-0.15, -0.1) is 11.8 Å². The number of para-hydroxylation sites is 1. The van der Waals surface area contributed by atoms with Gasteiger partial charge >= 0.3 is 0 Å². The van der Waals surface area contributed by atoms with Gasteiger partial charge in [-0.05, 0) is 42.7 Å². The molecule has 158 valence electrons. The lowest BCUT2D eigenvalue weighted by molar-refractivity contribution is -0.116. The number of nitriles is 1. The third kappa shape index (κ3) is 5.82. The molecule has 1 amide bonds. The molecular formula is C23H26FN3O2S. The first-order chi connectivity index (χ1) is 14.5. The number of nitrogens with one attached hydrogen (secondary N) is 2. The largest absolute Gasteiger partial charge is 0.381 e. The first-order valence-corrected chi connectivity index (χ1v) is 10.9. The van der Waals surface area contributed by atoms with Crippen molar-refractivity contribution in [3.8, 4) is 6.07 Å². The van der Waals surface area contributed by atoms with Crippen LogP contribution in [0.1, 0.15) is 31.7 Å². The van der Waals surface area contributed by atoms with Gasteiger partial charge in [-0.2, -0.15) is 5.26 Å². The molecule has 30 heavy (non-hydrogen) atoms. The van der Waals surface area contributed by atoms with Crippen molar-refractivity contribution < 1.29 is 13.9 Å². The molecule has 2 N–H and O–H groups in total. The minimum atomic E-state index is -0.418. The van der Waals surface area contributed by atoms with Crippen LogP contribution in [0.15, 0.2) is 53.4 Å². The van der Waals surface area contributed by atoms with Gasteiger partial charge in [-0.1, -0.05) is 31.2 Å². The summed E-state index contributed by atoms with van der Waals surface area (Å²) in [4.78, 5) is 13.7. The summed E-state index contributed by atoms with van der Waals surface area (Å²) in [5.74, 6) is -0.428. The van der Waals surface area contributed by atoms with Gasteiger partial charge < -0.3 is 10.1 Å². The van der Waals surface area contributed by atoms with E-state index in [9.17, 15) is 9.18 Å². The van der Waals surface area contributed by atoms with Crippen LogP contribution in [0.3, 0.4) is 0 Å². The Hall–Kier alpha value is -2.40. The van der Waals surface area contributed by atoms with Crippen LogP contribution in [0.2, 0.25) is 0 Å². The van der Waals surface area contributed by atoms with Crippen LogP contribution in [0.4, 0.5) is 10.1 Å². The Morgan fingerprint density at radius 2 is 1.93 bits per heavy atom. The summed E-state index contributed by atoms with van der Waals surface area (Å²) >= 11 is 1.57. The van der Waals surface area contributed by atoms with Crippen molar-refractivity contribution in [1.82, 2.24) is 5.32 Å². The number of rotatable bonds is 8. The molecule has 5 nitrogen and oxygen atoms in total. The zero-order chi connectivity index (χ0) is 21.4. The quantitative estimate of drug-likeness (QED) is 0.609. The van der Waals surface area contributed by atoms with E-state index in [-0.39, 0.29) is 23.5 Å². The number of anilines is 1. The smallest absolute Gasteiger partial charge is 0.238 e. The second-order valence-electron chi connectivity index (χ2n) is 7.39. The molecule has 1 atom stereocenters. The van der Waals surface area contributed by atoms with E-state index in [4.69, 9.17) is 10.00 Å². The second-order valence-corrected chi connectivity index (χ2v) is 8.87. The van der Waals surface area contributed by atoms with Crippen molar-refractivity contribution >= 4 is 23.4 Å². The Morgan fingerprint density at radius 1 is 1.23 bits per heavy atom. The molecule has 3 rings (SSSR count). The van der Waals surface area contributed by atoms with Gasteiger partial charge in [0.1, 0.15) is 5.82 Å². The third-order valence-electron chi connectivity index (χ3n) is 5.20. The number of carbonyl (C=O) groups excluding carboxylic acids is 1. The van der Waals surface area contributed by atoms with E-state index in [2.05, 4.69) is 16.7 Å². The number of ether oxygens (including phenoxy) is 1. The second kappa shape index (κ2) is 10.6. The summed E-state index contributed by atoms with van der Waals surface area (Å²) in [6.45, 7) is 3.29. The van der Waals surface area contributed by atoms with Crippen LogP contribution in [-0.4, -0.2) is 30.9 Å². The monoisotopic (exact) mass is 427 g/mol. The van der Waals surface area contributed by atoms with E-state index in [1.807, 2.05) is 31.2 Å². The van der Waals surface area contributed by atoms with Gasteiger partial charge in [0.2, 0.25) is 5.91 Å². The van der Waals surface area contributed by atoms with Gasteiger partial charge in [0, 0.05) is 35.3 Å². The van der Waals surface area contributed by atoms with E-state index in [0.29, 0.717) is 32.5 Å².